The van der Waals surface area contributed by atoms with E-state index < -0.39 is 21.2 Å². The van der Waals surface area contributed by atoms with Crippen molar-refractivity contribution in [1.29, 1.82) is 0 Å². The molecule has 0 aromatic carbocycles. The van der Waals surface area contributed by atoms with Crippen molar-refractivity contribution in [3.63, 3.8) is 0 Å². The van der Waals surface area contributed by atoms with Crippen LogP contribution in [0.3, 0.4) is 0 Å². The standard InChI is InChI=1S/C12H18N2O4S/c1-18-12-7-9(13-8-14-12)6-10(15)11-4-2-3-5-19(11,16)17/h7-8,10-11,15H,2-6H2,1H3. The van der Waals surface area contributed by atoms with Crippen LogP contribution >= 0.6 is 0 Å². The van der Waals surface area contributed by atoms with E-state index in [-0.39, 0.29) is 12.2 Å². The molecule has 1 saturated heterocycles. The zero-order valence-corrected chi connectivity index (χ0v) is 11.6. The molecule has 2 rings (SSSR count). The van der Waals surface area contributed by atoms with Gasteiger partial charge >= 0.3 is 0 Å². The Morgan fingerprint density at radius 1 is 1.47 bits per heavy atom. The molecule has 0 amide bonds. The number of methoxy groups -OCH3 is 1. The first kappa shape index (κ1) is 14.2. The van der Waals surface area contributed by atoms with Gasteiger partial charge in [0.25, 0.3) is 0 Å². The third-order valence-electron chi connectivity index (χ3n) is 3.38. The third-order valence-corrected chi connectivity index (χ3v) is 5.71. The van der Waals surface area contributed by atoms with Gasteiger partial charge in [0.05, 0.1) is 29.9 Å². The molecule has 6 nitrogen and oxygen atoms in total. The first-order chi connectivity index (χ1) is 9.03. The van der Waals surface area contributed by atoms with Gasteiger partial charge in [-0.15, -0.1) is 0 Å². The molecule has 1 N–H and O–H groups in total. The molecule has 1 aromatic rings. The Morgan fingerprint density at radius 2 is 2.26 bits per heavy atom. The number of aliphatic hydroxyl groups excluding tert-OH is 1. The summed E-state index contributed by atoms with van der Waals surface area (Å²) in [6.45, 7) is 0. The van der Waals surface area contributed by atoms with E-state index in [0.29, 0.717) is 24.4 Å². The molecule has 0 aliphatic carbocycles. The van der Waals surface area contributed by atoms with Crippen LogP contribution in [-0.2, 0) is 16.3 Å². The summed E-state index contributed by atoms with van der Waals surface area (Å²) >= 11 is 0. The highest BCUT2D eigenvalue weighted by Crippen LogP contribution is 2.24. The predicted octanol–water partition coefficient (Wildman–Crippen LogP) is 0.356. The average molecular weight is 286 g/mol. The lowest BCUT2D eigenvalue weighted by molar-refractivity contribution is 0.160. The maximum Gasteiger partial charge on any atom is 0.216 e. The van der Waals surface area contributed by atoms with E-state index in [4.69, 9.17) is 4.74 Å². The molecule has 0 saturated carbocycles. The molecule has 2 unspecified atom stereocenters. The highest BCUT2D eigenvalue weighted by Gasteiger charge is 2.34. The topological polar surface area (TPSA) is 89.4 Å². The molecule has 1 fully saturated rings. The largest absolute Gasteiger partial charge is 0.481 e. The minimum atomic E-state index is -3.18. The summed E-state index contributed by atoms with van der Waals surface area (Å²) in [4.78, 5) is 7.90. The third kappa shape index (κ3) is 3.42. The van der Waals surface area contributed by atoms with Crippen LogP contribution in [0.25, 0.3) is 0 Å². The molecule has 7 heteroatoms. The van der Waals surface area contributed by atoms with Gasteiger partial charge in [0.15, 0.2) is 9.84 Å². The van der Waals surface area contributed by atoms with E-state index >= 15 is 0 Å². The van der Waals surface area contributed by atoms with Gasteiger partial charge in [-0.3, -0.25) is 0 Å². The Bertz CT molecular complexity index is 532. The number of nitrogens with zero attached hydrogens (tertiary/aromatic N) is 2. The summed E-state index contributed by atoms with van der Waals surface area (Å²) in [5.74, 6) is 0.575. The first-order valence-corrected chi connectivity index (χ1v) is 7.99. The van der Waals surface area contributed by atoms with Crippen LogP contribution in [0.2, 0.25) is 0 Å². The lowest BCUT2D eigenvalue weighted by Gasteiger charge is -2.26. The van der Waals surface area contributed by atoms with E-state index in [1.54, 1.807) is 6.07 Å². The van der Waals surface area contributed by atoms with Gasteiger partial charge in [-0.2, -0.15) is 0 Å². The van der Waals surface area contributed by atoms with E-state index in [0.717, 1.165) is 6.42 Å². The Morgan fingerprint density at radius 3 is 2.95 bits per heavy atom. The van der Waals surface area contributed by atoms with Crippen LogP contribution in [-0.4, -0.2) is 47.7 Å². The van der Waals surface area contributed by atoms with Crippen molar-refractivity contribution >= 4 is 9.84 Å². The van der Waals surface area contributed by atoms with E-state index in [1.165, 1.54) is 13.4 Å². The number of ether oxygens (including phenoxy) is 1. The van der Waals surface area contributed by atoms with Crippen molar-refractivity contribution in [3.8, 4) is 5.88 Å². The summed E-state index contributed by atoms with van der Waals surface area (Å²) < 4.78 is 28.8. The number of hydrogen-bond donors (Lipinski definition) is 1. The number of rotatable bonds is 4. The van der Waals surface area contributed by atoms with Crippen molar-refractivity contribution in [1.82, 2.24) is 9.97 Å². The molecule has 0 spiro atoms. The molecular weight excluding hydrogens is 268 g/mol. The summed E-state index contributed by atoms with van der Waals surface area (Å²) in [6.07, 6.45) is 2.66. The summed E-state index contributed by atoms with van der Waals surface area (Å²) in [5.41, 5.74) is 0.583. The van der Waals surface area contributed by atoms with Crippen LogP contribution in [0.4, 0.5) is 0 Å². The Kier molecular flexibility index (Phi) is 4.36. The minimum absolute atomic E-state index is 0.168. The quantitative estimate of drug-likeness (QED) is 0.859. The Labute approximate surface area is 112 Å². The SMILES string of the molecule is COc1cc(CC(O)C2CCCCS2(=O)=O)ncn1. The van der Waals surface area contributed by atoms with Crippen molar-refractivity contribution in [2.75, 3.05) is 12.9 Å². The molecule has 19 heavy (non-hydrogen) atoms. The number of aliphatic hydroxyl groups is 1. The average Bonchev–Trinajstić information content (AvgIpc) is 2.38. The minimum Gasteiger partial charge on any atom is -0.481 e. The smallest absolute Gasteiger partial charge is 0.216 e. The maximum absolute atomic E-state index is 11.9. The zero-order valence-electron chi connectivity index (χ0n) is 10.8. The van der Waals surface area contributed by atoms with Crippen LogP contribution in [0.15, 0.2) is 12.4 Å². The lowest BCUT2D eigenvalue weighted by Crippen LogP contribution is -2.39. The molecule has 1 aliphatic heterocycles. The van der Waals surface area contributed by atoms with Crippen LogP contribution in [0, 0.1) is 0 Å². The van der Waals surface area contributed by atoms with Crippen molar-refractivity contribution in [2.45, 2.75) is 37.0 Å². The predicted molar refractivity (Wildman–Crippen MR) is 69.7 cm³/mol. The van der Waals surface area contributed by atoms with E-state index in [9.17, 15) is 13.5 Å². The van der Waals surface area contributed by atoms with Gasteiger partial charge in [0.1, 0.15) is 6.33 Å². The fourth-order valence-corrected chi connectivity index (χ4v) is 4.37. The molecular formula is C12H18N2O4S. The second kappa shape index (κ2) is 5.83. The monoisotopic (exact) mass is 286 g/mol. The maximum atomic E-state index is 11.9. The van der Waals surface area contributed by atoms with Crippen molar-refractivity contribution in [2.24, 2.45) is 0 Å². The van der Waals surface area contributed by atoms with Gasteiger partial charge in [0.2, 0.25) is 5.88 Å². The fraction of sp³-hybridized carbons (Fsp3) is 0.667. The number of aromatic nitrogens is 2. The summed E-state index contributed by atoms with van der Waals surface area (Å²) in [6, 6.07) is 1.61. The molecule has 106 valence electrons. The summed E-state index contributed by atoms with van der Waals surface area (Å²) in [5, 5.41) is 9.47. The van der Waals surface area contributed by atoms with Crippen LogP contribution in [0.1, 0.15) is 25.0 Å². The van der Waals surface area contributed by atoms with Crippen molar-refractivity contribution in [3.05, 3.63) is 18.1 Å². The van der Waals surface area contributed by atoms with Gasteiger partial charge in [-0.1, -0.05) is 6.42 Å². The van der Waals surface area contributed by atoms with E-state index in [1.807, 2.05) is 0 Å². The van der Waals surface area contributed by atoms with Gasteiger partial charge in [-0.25, -0.2) is 18.4 Å². The molecule has 0 bridgehead atoms. The second-order valence-corrected chi connectivity index (χ2v) is 7.06. The van der Waals surface area contributed by atoms with Crippen molar-refractivity contribution < 1.29 is 18.3 Å². The first-order valence-electron chi connectivity index (χ1n) is 6.27. The summed E-state index contributed by atoms with van der Waals surface area (Å²) in [7, 11) is -1.69. The van der Waals surface area contributed by atoms with Gasteiger partial charge < -0.3 is 9.84 Å². The van der Waals surface area contributed by atoms with E-state index in [2.05, 4.69) is 9.97 Å². The number of hydrogen-bond acceptors (Lipinski definition) is 6. The normalized spacial score (nSPS) is 23.8. The molecule has 2 heterocycles. The van der Waals surface area contributed by atoms with Crippen LogP contribution in [0.5, 0.6) is 5.88 Å². The molecule has 1 aromatic heterocycles. The number of sulfone groups is 1. The Balaban J connectivity index is 2.09. The van der Waals surface area contributed by atoms with Gasteiger partial charge in [-0.05, 0) is 12.8 Å². The fourth-order valence-electron chi connectivity index (χ4n) is 2.36. The van der Waals surface area contributed by atoms with Crippen LogP contribution < -0.4 is 4.74 Å². The lowest BCUT2D eigenvalue weighted by atomic mass is 10.1. The molecule has 1 aliphatic rings. The molecule has 0 radical (unpaired) electrons. The second-order valence-electron chi connectivity index (χ2n) is 4.72. The highest BCUT2D eigenvalue weighted by atomic mass is 32.2. The highest BCUT2D eigenvalue weighted by molar-refractivity contribution is 7.92. The molecule has 2 atom stereocenters. The Hall–Kier alpha value is -1.21. The zero-order chi connectivity index (χ0) is 13.9. The van der Waals surface area contributed by atoms with Gasteiger partial charge in [0, 0.05) is 12.5 Å².